The minimum absolute atomic E-state index is 0.303. The van der Waals surface area contributed by atoms with Crippen LogP contribution in [0.1, 0.15) is 26.3 Å². The summed E-state index contributed by atoms with van der Waals surface area (Å²) in [5, 5.41) is 3.84. The van der Waals surface area contributed by atoms with Gasteiger partial charge in [-0.25, -0.2) is 5.43 Å². The summed E-state index contributed by atoms with van der Waals surface area (Å²) < 4.78 is 0. The lowest BCUT2D eigenvalue weighted by atomic mass is 10.2. The maximum absolute atomic E-state index is 11.6. The minimum atomic E-state index is -0.303. The van der Waals surface area contributed by atoms with Crippen molar-refractivity contribution in [3.8, 4) is 0 Å². The van der Waals surface area contributed by atoms with Crippen LogP contribution in [-0.4, -0.2) is 23.4 Å². The van der Waals surface area contributed by atoms with Crippen molar-refractivity contribution in [2.75, 3.05) is 0 Å². The van der Waals surface area contributed by atoms with E-state index in [1.54, 1.807) is 36.4 Å². The Labute approximate surface area is 110 Å². The molecule has 5 heteroatoms. The fraction of sp³-hybridized carbons (Fsp3) is 0. The van der Waals surface area contributed by atoms with Crippen LogP contribution in [0.5, 0.6) is 0 Å². The predicted molar refractivity (Wildman–Crippen MR) is 71.1 cm³/mol. The molecule has 0 spiro atoms. The second-order valence-corrected chi connectivity index (χ2v) is 3.72. The highest BCUT2D eigenvalue weighted by Crippen LogP contribution is 2.00. The summed E-state index contributed by atoms with van der Waals surface area (Å²) in [6.07, 6.45) is 5.35. The first-order valence-corrected chi connectivity index (χ1v) is 5.58. The second kappa shape index (κ2) is 6.20. The fourth-order valence-corrected chi connectivity index (χ4v) is 1.39. The Morgan fingerprint density at radius 2 is 1.68 bits per heavy atom. The number of aromatic nitrogens is 1. The molecule has 19 heavy (non-hydrogen) atoms. The van der Waals surface area contributed by atoms with E-state index in [2.05, 4.69) is 15.5 Å². The molecule has 2 aromatic rings. The first kappa shape index (κ1) is 12.6. The van der Waals surface area contributed by atoms with Crippen LogP contribution in [0.2, 0.25) is 0 Å². The van der Waals surface area contributed by atoms with Gasteiger partial charge in [0.15, 0.2) is 0 Å². The van der Waals surface area contributed by atoms with Crippen LogP contribution in [-0.2, 0) is 0 Å². The molecule has 2 rings (SSSR count). The first-order chi connectivity index (χ1) is 9.29. The molecule has 1 aromatic heterocycles. The molecule has 5 nitrogen and oxygen atoms in total. The van der Waals surface area contributed by atoms with Crippen LogP contribution in [0.15, 0.2) is 53.9 Å². The van der Waals surface area contributed by atoms with Crippen LogP contribution in [0.4, 0.5) is 0 Å². The fourth-order valence-electron chi connectivity index (χ4n) is 1.39. The van der Waals surface area contributed by atoms with E-state index in [9.17, 15) is 9.59 Å². The quantitative estimate of drug-likeness (QED) is 0.511. The average molecular weight is 253 g/mol. The Morgan fingerprint density at radius 3 is 2.32 bits per heavy atom. The molecule has 0 bridgehead atoms. The molecule has 0 aliphatic rings. The van der Waals surface area contributed by atoms with Gasteiger partial charge in [-0.3, -0.25) is 14.6 Å². The van der Waals surface area contributed by atoms with Gasteiger partial charge in [0.2, 0.25) is 0 Å². The third kappa shape index (κ3) is 3.57. The summed E-state index contributed by atoms with van der Waals surface area (Å²) in [6, 6.07) is 10.0. The summed E-state index contributed by atoms with van der Waals surface area (Å²) in [7, 11) is 0. The van der Waals surface area contributed by atoms with Crippen molar-refractivity contribution in [1.29, 1.82) is 0 Å². The molecule has 0 fully saturated rings. The minimum Gasteiger partial charge on any atom is -0.298 e. The number of rotatable bonds is 4. The normalized spacial score (nSPS) is 10.3. The Balaban J connectivity index is 1.96. The Kier molecular flexibility index (Phi) is 4.12. The maximum atomic E-state index is 11.6. The number of pyridine rings is 1. The third-order valence-corrected chi connectivity index (χ3v) is 2.39. The molecule has 1 aromatic carbocycles. The van der Waals surface area contributed by atoms with Gasteiger partial charge in [-0.1, -0.05) is 24.3 Å². The monoisotopic (exact) mass is 253 g/mol. The largest absolute Gasteiger partial charge is 0.298 e. The lowest BCUT2D eigenvalue weighted by molar-refractivity contribution is 0.0954. The summed E-state index contributed by atoms with van der Waals surface area (Å²) in [6.45, 7) is 0. The van der Waals surface area contributed by atoms with Crippen LogP contribution in [0.3, 0.4) is 0 Å². The zero-order chi connectivity index (χ0) is 13.5. The molecule has 0 aliphatic heterocycles. The zero-order valence-corrected chi connectivity index (χ0v) is 9.98. The van der Waals surface area contributed by atoms with Gasteiger partial charge in [0, 0.05) is 23.5 Å². The van der Waals surface area contributed by atoms with E-state index in [0.717, 1.165) is 11.8 Å². The number of hydrogen-bond acceptors (Lipinski definition) is 4. The number of hydrogen-bond donors (Lipinski definition) is 1. The van der Waals surface area contributed by atoms with Crippen LogP contribution in [0.25, 0.3) is 0 Å². The number of aldehydes is 1. The smallest absolute Gasteiger partial charge is 0.271 e. The summed E-state index contributed by atoms with van der Waals surface area (Å²) >= 11 is 0. The molecular weight excluding hydrogens is 242 g/mol. The highest BCUT2D eigenvalue weighted by Gasteiger charge is 2.01. The van der Waals surface area contributed by atoms with Crippen LogP contribution < -0.4 is 5.43 Å². The lowest BCUT2D eigenvalue weighted by Gasteiger charge is -1.98. The van der Waals surface area contributed by atoms with E-state index in [-0.39, 0.29) is 5.91 Å². The molecule has 94 valence electrons. The molecular formula is C14H11N3O2. The van der Waals surface area contributed by atoms with Gasteiger partial charge in [0.25, 0.3) is 5.91 Å². The van der Waals surface area contributed by atoms with Gasteiger partial charge >= 0.3 is 0 Å². The number of benzene rings is 1. The van der Waals surface area contributed by atoms with Crippen molar-refractivity contribution < 1.29 is 9.59 Å². The van der Waals surface area contributed by atoms with Gasteiger partial charge in [-0.2, -0.15) is 5.10 Å². The van der Waals surface area contributed by atoms with Crippen molar-refractivity contribution in [2.24, 2.45) is 5.10 Å². The highest BCUT2D eigenvalue weighted by molar-refractivity contribution is 5.94. The van der Waals surface area contributed by atoms with Crippen molar-refractivity contribution in [3.63, 3.8) is 0 Å². The van der Waals surface area contributed by atoms with Crippen molar-refractivity contribution in [1.82, 2.24) is 10.4 Å². The first-order valence-electron chi connectivity index (χ1n) is 5.58. The Morgan fingerprint density at radius 1 is 1.05 bits per heavy atom. The number of carbonyl (C=O) groups is 2. The van der Waals surface area contributed by atoms with E-state index in [1.165, 1.54) is 18.6 Å². The maximum Gasteiger partial charge on any atom is 0.271 e. The molecule has 1 N–H and O–H groups in total. The van der Waals surface area contributed by atoms with E-state index < -0.39 is 0 Å². The molecule has 1 amide bonds. The van der Waals surface area contributed by atoms with Crippen molar-refractivity contribution >= 4 is 18.4 Å². The molecule has 0 radical (unpaired) electrons. The zero-order valence-electron chi connectivity index (χ0n) is 9.98. The van der Waals surface area contributed by atoms with Crippen LogP contribution in [0, 0.1) is 0 Å². The van der Waals surface area contributed by atoms with E-state index in [1.807, 2.05) is 0 Å². The molecule has 0 unspecified atom stereocenters. The average Bonchev–Trinajstić information content (AvgIpc) is 2.49. The molecule has 0 saturated heterocycles. The van der Waals surface area contributed by atoms with Gasteiger partial charge in [-0.05, 0) is 17.7 Å². The Bertz CT molecular complexity index is 592. The molecule has 0 atom stereocenters. The third-order valence-electron chi connectivity index (χ3n) is 2.39. The number of nitrogens with zero attached hydrogens (tertiary/aromatic N) is 2. The summed E-state index contributed by atoms with van der Waals surface area (Å²) in [4.78, 5) is 25.9. The number of amides is 1. The van der Waals surface area contributed by atoms with Crippen LogP contribution >= 0.6 is 0 Å². The van der Waals surface area contributed by atoms with Gasteiger partial charge in [0.1, 0.15) is 6.29 Å². The van der Waals surface area contributed by atoms with Gasteiger partial charge < -0.3 is 0 Å². The predicted octanol–water partition coefficient (Wildman–Crippen LogP) is 1.66. The van der Waals surface area contributed by atoms with E-state index in [0.29, 0.717) is 11.1 Å². The molecule has 1 heterocycles. The van der Waals surface area contributed by atoms with Gasteiger partial charge in [-0.15, -0.1) is 0 Å². The van der Waals surface area contributed by atoms with E-state index in [4.69, 9.17) is 0 Å². The SMILES string of the molecule is O=Cc1ccc(/C=N/NC(=O)c2ccncc2)cc1. The van der Waals surface area contributed by atoms with E-state index >= 15 is 0 Å². The van der Waals surface area contributed by atoms with Crippen molar-refractivity contribution in [2.45, 2.75) is 0 Å². The lowest BCUT2D eigenvalue weighted by Crippen LogP contribution is -2.17. The molecule has 0 aliphatic carbocycles. The standard InChI is InChI=1S/C14H11N3O2/c18-10-12-3-1-11(2-4-12)9-16-17-14(19)13-5-7-15-8-6-13/h1-10H,(H,17,19)/b16-9+. The number of hydrazone groups is 1. The summed E-state index contributed by atoms with van der Waals surface area (Å²) in [5.74, 6) is -0.303. The number of nitrogens with one attached hydrogen (secondary N) is 1. The Hall–Kier alpha value is -2.82. The van der Waals surface area contributed by atoms with Gasteiger partial charge in [0.05, 0.1) is 6.21 Å². The highest BCUT2D eigenvalue weighted by atomic mass is 16.2. The summed E-state index contributed by atoms with van der Waals surface area (Å²) in [5.41, 5.74) is 4.29. The number of carbonyl (C=O) groups excluding carboxylic acids is 2. The topological polar surface area (TPSA) is 71.4 Å². The molecule has 0 saturated carbocycles. The van der Waals surface area contributed by atoms with Crippen molar-refractivity contribution in [3.05, 3.63) is 65.5 Å². The second-order valence-electron chi connectivity index (χ2n) is 3.72.